The smallest absolute Gasteiger partial charge is 0.340 e. The highest BCUT2D eigenvalue weighted by atomic mass is 19.4. The number of hydrogen-bond acceptors (Lipinski definition) is 3. The minimum Gasteiger partial charge on any atom is -0.340 e. The van der Waals surface area contributed by atoms with Crippen LogP contribution >= 0.6 is 0 Å². The number of benzene rings is 1. The van der Waals surface area contributed by atoms with Crippen molar-refractivity contribution in [3.8, 4) is 0 Å². The molecule has 146 valence electrons. The average Bonchev–Trinajstić information content (AvgIpc) is 3.05. The maximum atomic E-state index is 12.9. The standard InChI is InChI=1S/C19H21F3N2O3/c20-19(21,22)15-6-1-4-13(10-15)18(27)14-5-2-8-23(11-14)17(26)12-24-9-3-7-16(24)25/h1,4,6,10,14H,2-3,5,7-9,11-12H2/t14-/m1/s1. The number of carbonyl (C=O) groups excluding carboxylic acids is 3. The quantitative estimate of drug-likeness (QED) is 0.753. The van der Waals surface area contributed by atoms with Crippen LogP contribution in [0, 0.1) is 5.92 Å². The van der Waals surface area contributed by atoms with E-state index in [0.29, 0.717) is 32.4 Å². The molecular formula is C19H21F3N2O3. The fourth-order valence-electron chi connectivity index (χ4n) is 3.64. The van der Waals surface area contributed by atoms with Gasteiger partial charge < -0.3 is 9.80 Å². The van der Waals surface area contributed by atoms with Gasteiger partial charge in [0.1, 0.15) is 0 Å². The Labute approximate surface area is 155 Å². The van der Waals surface area contributed by atoms with Crippen LogP contribution in [0.25, 0.3) is 0 Å². The van der Waals surface area contributed by atoms with Crippen LogP contribution in [0.5, 0.6) is 0 Å². The Hall–Kier alpha value is -2.38. The summed E-state index contributed by atoms with van der Waals surface area (Å²) in [5.41, 5.74) is -0.844. The molecular weight excluding hydrogens is 361 g/mol. The molecule has 2 aliphatic rings. The lowest BCUT2D eigenvalue weighted by Crippen LogP contribution is -2.46. The minimum absolute atomic E-state index is 0.00328. The van der Waals surface area contributed by atoms with E-state index in [1.54, 1.807) is 4.90 Å². The third-order valence-corrected chi connectivity index (χ3v) is 5.12. The summed E-state index contributed by atoms with van der Waals surface area (Å²) < 4.78 is 38.6. The van der Waals surface area contributed by atoms with Crippen molar-refractivity contribution in [2.75, 3.05) is 26.2 Å². The second kappa shape index (κ2) is 7.70. The average molecular weight is 382 g/mol. The van der Waals surface area contributed by atoms with Gasteiger partial charge in [-0.25, -0.2) is 0 Å². The number of likely N-dealkylation sites (tertiary alicyclic amines) is 2. The number of rotatable bonds is 4. The van der Waals surface area contributed by atoms with Crippen LogP contribution in [0.4, 0.5) is 13.2 Å². The molecule has 0 aromatic heterocycles. The van der Waals surface area contributed by atoms with Crippen LogP contribution in [-0.4, -0.2) is 53.6 Å². The molecule has 2 aliphatic heterocycles. The largest absolute Gasteiger partial charge is 0.416 e. The maximum Gasteiger partial charge on any atom is 0.416 e. The third-order valence-electron chi connectivity index (χ3n) is 5.12. The topological polar surface area (TPSA) is 57.7 Å². The monoisotopic (exact) mass is 382 g/mol. The van der Waals surface area contributed by atoms with E-state index in [0.717, 1.165) is 18.6 Å². The molecule has 2 fully saturated rings. The number of nitrogens with zero attached hydrogens (tertiary/aromatic N) is 2. The molecule has 5 nitrogen and oxygen atoms in total. The van der Waals surface area contributed by atoms with Gasteiger partial charge in [-0.1, -0.05) is 12.1 Å². The lowest BCUT2D eigenvalue weighted by molar-refractivity contribution is -0.139. The van der Waals surface area contributed by atoms with Crippen molar-refractivity contribution in [2.24, 2.45) is 5.92 Å². The van der Waals surface area contributed by atoms with Crippen LogP contribution in [0.15, 0.2) is 24.3 Å². The van der Waals surface area contributed by atoms with Crippen LogP contribution in [-0.2, 0) is 15.8 Å². The summed E-state index contributed by atoms with van der Waals surface area (Å²) in [7, 11) is 0. The highest BCUT2D eigenvalue weighted by Crippen LogP contribution is 2.30. The van der Waals surface area contributed by atoms with Gasteiger partial charge in [0.15, 0.2) is 5.78 Å². The van der Waals surface area contributed by atoms with Gasteiger partial charge in [0, 0.05) is 37.5 Å². The summed E-state index contributed by atoms with van der Waals surface area (Å²) in [5.74, 6) is -1.17. The van der Waals surface area contributed by atoms with Gasteiger partial charge in [-0.05, 0) is 31.4 Å². The van der Waals surface area contributed by atoms with Crippen LogP contribution in [0.2, 0.25) is 0 Å². The molecule has 0 unspecified atom stereocenters. The zero-order valence-corrected chi connectivity index (χ0v) is 14.8. The van der Waals surface area contributed by atoms with Gasteiger partial charge >= 0.3 is 6.18 Å². The molecule has 2 amide bonds. The SMILES string of the molecule is O=C(c1cccc(C(F)(F)F)c1)[C@@H]1CCCN(C(=O)CN2CCCC2=O)C1. The number of Topliss-reactive ketones (excluding diaryl/α,β-unsaturated/α-hetero) is 1. The van der Waals surface area contributed by atoms with Crippen molar-refractivity contribution in [1.29, 1.82) is 0 Å². The Bertz CT molecular complexity index is 748. The van der Waals surface area contributed by atoms with Gasteiger partial charge in [0.2, 0.25) is 11.8 Å². The van der Waals surface area contributed by atoms with Crippen LogP contribution in [0.1, 0.15) is 41.6 Å². The van der Waals surface area contributed by atoms with Gasteiger partial charge in [-0.15, -0.1) is 0 Å². The number of piperidine rings is 1. The molecule has 1 atom stereocenters. The molecule has 0 bridgehead atoms. The number of halogens is 3. The van der Waals surface area contributed by atoms with Gasteiger partial charge in [0.25, 0.3) is 0 Å². The Morgan fingerprint density at radius 3 is 2.59 bits per heavy atom. The van der Waals surface area contributed by atoms with E-state index in [4.69, 9.17) is 0 Å². The molecule has 0 saturated carbocycles. The second-order valence-electron chi connectivity index (χ2n) is 7.04. The normalized spacial score (nSPS) is 20.9. The van der Waals surface area contributed by atoms with Crippen molar-refractivity contribution in [1.82, 2.24) is 9.80 Å². The van der Waals surface area contributed by atoms with Crippen molar-refractivity contribution in [3.05, 3.63) is 35.4 Å². The third kappa shape index (κ3) is 4.48. The van der Waals surface area contributed by atoms with Crippen LogP contribution in [0.3, 0.4) is 0 Å². The van der Waals surface area contributed by atoms with Gasteiger partial charge in [-0.3, -0.25) is 14.4 Å². The molecule has 2 saturated heterocycles. The first kappa shape index (κ1) is 19.4. The van der Waals surface area contributed by atoms with E-state index >= 15 is 0 Å². The molecule has 0 aliphatic carbocycles. The predicted octanol–water partition coefficient (Wildman–Crippen LogP) is 2.75. The molecule has 0 radical (unpaired) electrons. The summed E-state index contributed by atoms with van der Waals surface area (Å²) in [4.78, 5) is 39.9. The maximum absolute atomic E-state index is 12.9. The lowest BCUT2D eigenvalue weighted by atomic mass is 9.89. The van der Waals surface area contributed by atoms with Crippen molar-refractivity contribution < 1.29 is 27.6 Å². The molecule has 27 heavy (non-hydrogen) atoms. The Kier molecular flexibility index (Phi) is 5.53. The predicted molar refractivity (Wildman–Crippen MR) is 90.9 cm³/mol. The highest BCUT2D eigenvalue weighted by Gasteiger charge is 2.34. The number of carbonyl (C=O) groups is 3. The highest BCUT2D eigenvalue weighted by molar-refractivity contribution is 5.98. The first-order valence-corrected chi connectivity index (χ1v) is 9.03. The van der Waals surface area contributed by atoms with Crippen LogP contribution < -0.4 is 0 Å². The van der Waals surface area contributed by atoms with Gasteiger partial charge in [0.05, 0.1) is 12.1 Å². The Morgan fingerprint density at radius 1 is 1.15 bits per heavy atom. The second-order valence-corrected chi connectivity index (χ2v) is 7.04. The molecule has 0 spiro atoms. The molecule has 0 N–H and O–H groups in total. The molecule has 2 heterocycles. The van der Waals surface area contributed by atoms with E-state index < -0.39 is 17.7 Å². The molecule has 3 rings (SSSR count). The fourth-order valence-corrected chi connectivity index (χ4v) is 3.64. The summed E-state index contributed by atoms with van der Waals surface area (Å²) in [6.45, 7) is 1.23. The zero-order valence-electron chi connectivity index (χ0n) is 14.8. The van der Waals surface area contributed by atoms with E-state index in [-0.39, 0.29) is 36.3 Å². The van der Waals surface area contributed by atoms with Gasteiger partial charge in [-0.2, -0.15) is 13.2 Å². The van der Waals surface area contributed by atoms with E-state index in [1.165, 1.54) is 17.0 Å². The minimum atomic E-state index is -4.51. The molecule has 8 heteroatoms. The van der Waals surface area contributed by atoms with Crippen molar-refractivity contribution in [2.45, 2.75) is 31.9 Å². The van der Waals surface area contributed by atoms with E-state index in [9.17, 15) is 27.6 Å². The lowest BCUT2D eigenvalue weighted by Gasteiger charge is -2.33. The number of hydrogen-bond donors (Lipinski definition) is 0. The van der Waals surface area contributed by atoms with Crippen molar-refractivity contribution >= 4 is 17.6 Å². The Morgan fingerprint density at radius 2 is 1.93 bits per heavy atom. The van der Waals surface area contributed by atoms with E-state index in [1.807, 2.05) is 0 Å². The summed E-state index contributed by atoms with van der Waals surface area (Å²) in [5, 5.41) is 0. The zero-order chi connectivity index (χ0) is 19.6. The Balaban J connectivity index is 1.66. The molecule has 1 aromatic rings. The first-order valence-electron chi connectivity index (χ1n) is 9.03. The number of alkyl halides is 3. The number of ketones is 1. The van der Waals surface area contributed by atoms with E-state index in [2.05, 4.69) is 0 Å². The fraction of sp³-hybridized carbons (Fsp3) is 0.526. The summed E-state index contributed by atoms with van der Waals surface area (Å²) in [6.07, 6.45) is -2.18. The molecule has 1 aromatic carbocycles. The summed E-state index contributed by atoms with van der Waals surface area (Å²) >= 11 is 0. The summed E-state index contributed by atoms with van der Waals surface area (Å²) in [6, 6.07) is 4.40. The first-order chi connectivity index (χ1) is 12.8. The number of amides is 2. The van der Waals surface area contributed by atoms with Crippen molar-refractivity contribution in [3.63, 3.8) is 0 Å².